The third-order valence-electron chi connectivity index (χ3n) is 4.36. The van der Waals surface area contributed by atoms with Gasteiger partial charge in [-0.3, -0.25) is 15.8 Å². The average molecular weight is 347 g/mol. The minimum absolute atomic E-state index is 0.351. The zero-order chi connectivity index (χ0) is 17.1. The van der Waals surface area contributed by atoms with Crippen LogP contribution in [0.15, 0.2) is 28.6 Å². The number of rotatable bonds is 5. The van der Waals surface area contributed by atoms with Crippen LogP contribution in [0.2, 0.25) is 0 Å². The van der Waals surface area contributed by atoms with Gasteiger partial charge >= 0.3 is 0 Å². The van der Waals surface area contributed by atoms with Gasteiger partial charge in [-0.2, -0.15) is 0 Å². The number of ether oxygens (including phenoxy) is 1. The van der Waals surface area contributed by atoms with Crippen molar-refractivity contribution in [3.63, 3.8) is 0 Å². The van der Waals surface area contributed by atoms with Crippen molar-refractivity contribution >= 4 is 22.6 Å². The molecule has 0 unspecified atom stereocenters. The van der Waals surface area contributed by atoms with E-state index in [1.807, 2.05) is 6.92 Å². The Morgan fingerprint density at radius 3 is 2.92 bits per heavy atom. The topological polar surface area (TPSA) is 50.6 Å². The summed E-state index contributed by atoms with van der Waals surface area (Å²) < 4.78 is 8.16. The highest BCUT2D eigenvalue weighted by Gasteiger charge is 2.21. The third-order valence-corrected chi connectivity index (χ3v) is 5.17. The summed E-state index contributed by atoms with van der Waals surface area (Å²) in [6.07, 6.45) is 2.69. The molecule has 1 aromatic rings. The molecule has 24 heavy (non-hydrogen) atoms. The summed E-state index contributed by atoms with van der Waals surface area (Å²) in [5, 5.41) is 2.99. The van der Waals surface area contributed by atoms with Crippen LogP contribution in [0.25, 0.3) is 5.70 Å². The van der Waals surface area contributed by atoms with Crippen LogP contribution < -0.4 is 10.9 Å². The highest BCUT2D eigenvalue weighted by atomic mass is 32.2. The van der Waals surface area contributed by atoms with Crippen LogP contribution in [0.4, 0.5) is 0 Å². The highest BCUT2D eigenvalue weighted by molar-refractivity contribution is 8.16. The van der Waals surface area contributed by atoms with Gasteiger partial charge in [0.25, 0.3) is 0 Å². The van der Waals surface area contributed by atoms with Crippen molar-refractivity contribution in [3.05, 3.63) is 40.6 Å². The smallest absolute Gasteiger partial charge is 0.180 e. The van der Waals surface area contributed by atoms with Gasteiger partial charge in [0.1, 0.15) is 0 Å². The summed E-state index contributed by atoms with van der Waals surface area (Å²) in [4.78, 5) is 4.46. The van der Waals surface area contributed by atoms with E-state index in [2.05, 4.69) is 52.3 Å². The summed E-state index contributed by atoms with van der Waals surface area (Å²) in [7, 11) is 0. The molecule has 1 atom stereocenters. The van der Waals surface area contributed by atoms with Crippen molar-refractivity contribution in [2.45, 2.75) is 46.3 Å². The van der Waals surface area contributed by atoms with Gasteiger partial charge in [0.05, 0.1) is 18.3 Å². The zero-order valence-corrected chi connectivity index (χ0v) is 15.5. The van der Waals surface area contributed by atoms with Gasteiger partial charge < -0.3 is 9.30 Å². The van der Waals surface area contributed by atoms with Gasteiger partial charge in [0.2, 0.25) is 0 Å². The van der Waals surface area contributed by atoms with E-state index in [9.17, 15) is 0 Å². The van der Waals surface area contributed by atoms with Crippen molar-refractivity contribution in [1.29, 1.82) is 0 Å². The lowest BCUT2D eigenvalue weighted by molar-refractivity contribution is 0.0962. The summed E-state index contributed by atoms with van der Waals surface area (Å²) in [5.41, 5.74) is 12.3. The first-order chi connectivity index (χ1) is 11.5. The van der Waals surface area contributed by atoms with Gasteiger partial charge in [-0.25, -0.2) is 0 Å². The molecule has 0 bridgehead atoms. The average Bonchev–Trinajstić information content (AvgIpc) is 3.17. The molecule has 0 spiro atoms. The maximum absolute atomic E-state index is 5.79. The van der Waals surface area contributed by atoms with Crippen LogP contribution in [0.1, 0.15) is 36.7 Å². The van der Waals surface area contributed by atoms with Crippen LogP contribution in [-0.2, 0) is 11.3 Å². The van der Waals surface area contributed by atoms with Crippen LogP contribution in [-0.4, -0.2) is 29.0 Å². The second-order valence-corrected chi connectivity index (χ2v) is 7.37. The quantitative estimate of drug-likeness (QED) is 0.803. The number of nitrogens with zero attached hydrogens (tertiary/aromatic N) is 2. The Bertz CT molecular complexity index is 683. The number of aryl methyl sites for hydroxylation is 1. The molecule has 0 aromatic carbocycles. The predicted octanol–water partition coefficient (Wildman–Crippen LogP) is 3.36. The minimum atomic E-state index is 0.351. The number of amidine groups is 1. The van der Waals surface area contributed by atoms with Gasteiger partial charge in [0.15, 0.2) is 5.17 Å². The first-order valence-corrected chi connectivity index (χ1v) is 9.29. The molecule has 0 radical (unpaired) electrons. The van der Waals surface area contributed by atoms with Crippen LogP contribution in [0.3, 0.4) is 0 Å². The molecule has 0 amide bonds. The van der Waals surface area contributed by atoms with Crippen LogP contribution in [0.5, 0.6) is 0 Å². The van der Waals surface area contributed by atoms with Crippen molar-refractivity contribution < 1.29 is 4.74 Å². The van der Waals surface area contributed by atoms with E-state index in [-0.39, 0.29) is 0 Å². The summed E-state index contributed by atoms with van der Waals surface area (Å²) in [6, 6.07) is 2.24. The second-order valence-electron chi connectivity index (χ2n) is 6.51. The van der Waals surface area contributed by atoms with Crippen molar-refractivity contribution in [1.82, 2.24) is 15.4 Å². The minimum Gasteiger partial charge on any atom is -0.376 e. The SMILES string of the molecule is C=C(C)CN=C1NNC(c2cc(C)n(C[C@H]3CCCO3)c2C)=CS1. The van der Waals surface area contributed by atoms with E-state index in [1.165, 1.54) is 23.4 Å². The predicted molar refractivity (Wildman–Crippen MR) is 102 cm³/mol. The van der Waals surface area contributed by atoms with E-state index < -0.39 is 0 Å². The number of thioether (sulfide) groups is 1. The maximum Gasteiger partial charge on any atom is 0.180 e. The first kappa shape index (κ1) is 17.2. The van der Waals surface area contributed by atoms with Gasteiger partial charge in [-0.1, -0.05) is 23.9 Å². The van der Waals surface area contributed by atoms with Gasteiger partial charge in [-0.15, -0.1) is 0 Å². The van der Waals surface area contributed by atoms with Crippen molar-refractivity contribution in [2.75, 3.05) is 13.2 Å². The molecule has 2 aliphatic rings. The number of aromatic nitrogens is 1. The number of hydrogen-bond donors (Lipinski definition) is 2. The maximum atomic E-state index is 5.79. The summed E-state index contributed by atoms with van der Waals surface area (Å²) >= 11 is 1.60. The molecular weight excluding hydrogens is 320 g/mol. The lowest BCUT2D eigenvalue weighted by atomic mass is 10.2. The van der Waals surface area contributed by atoms with E-state index >= 15 is 0 Å². The van der Waals surface area contributed by atoms with E-state index in [4.69, 9.17) is 4.74 Å². The first-order valence-electron chi connectivity index (χ1n) is 8.41. The van der Waals surface area contributed by atoms with E-state index in [0.717, 1.165) is 36.0 Å². The molecule has 3 heterocycles. The largest absolute Gasteiger partial charge is 0.376 e. The lowest BCUT2D eigenvalue weighted by Gasteiger charge is -2.19. The Kier molecular flexibility index (Phi) is 5.36. The Hall–Kier alpha value is -1.66. The molecule has 2 N–H and O–H groups in total. The molecule has 5 nitrogen and oxygen atoms in total. The van der Waals surface area contributed by atoms with Gasteiger partial charge in [-0.05, 0) is 39.7 Å². The molecule has 1 fully saturated rings. The van der Waals surface area contributed by atoms with Crippen LogP contribution >= 0.6 is 11.8 Å². The molecule has 3 rings (SSSR count). The fourth-order valence-electron chi connectivity index (χ4n) is 3.06. The van der Waals surface area contributed by atoms with E-state index in [1.54, 1.807) is 11.8 Å². The third kappa shape index (κ3) is 3.87. The number of hydrazine groups is 1. The van der Waals surface area contributed by atoms with Crippen molar-refractivity contribution in [3.8, 4) is 0 Å². The molecular formula is C18H26N4OS. The summed E-state index contributed by atoms with van der Waals surface area (Å²) in [6.45, 7) is 12.7. The second kappa shape index (κ2) is 7.49. The number of aliphatic imine (C=N–C) groups is 1. The molecule has 6 heteroatoms. The fourth-order valence-corrected chi connectivity index (χ4v) is 3.72. The molecule has 130 valence electrons. The van der Waals surface area contributed by atoms with E-state index in [0.29, 0.717) is 12.6 Å². The van der Waals surface area contributed by atoms with Crippen LogP contribution in [0, 0.1) is 13.8 Å². The molecule has 2 aliphatic heterocycles. The lowest BCUT2D eigenvalue weighted by Crippen LogP contribution is -2.37. The Morgan fingerprint density at radius 1 is 1.46 bits per heavy atom. The molecule has 1 aromatic heterocycles. The van der Waals surface area contributed by atoms with Gasteiger partial charge in [0, 0.05) is 35.5 Å². The highest BCUT2D eigenvalue weighted by Crippen LogP contribution is 2.27. The molecule has 0 saturated carbocycles. The Balaban J connectivity index is 1.73. The Labute approximate surface area is 148 Å². The number of hydrogen-bond acceptors (Lipinski definition) is 4. The summed E-state index contributed by atoms with van der Waals surface area (Å²) in [5.74, 6) is 0. The monoisotopic (exact) mass is 346 g/mol. The standard InChI is InChI=1S/C18H26N4OS/c1-12(2)9-19-18-21-20-17(11-24-18)16-8-13(3)22(14(16)4)10-15-6-5-7-23-15/h8,11,15,20H,1,5-7,9-10H2,2-4H3,(H,19,21)/t15-/m1/s1. The molecule has 0 aliphatic carbocycles. The van der Waals surface area contributed by atoms with Crippen molar-refractivity contribution in [2.24, 2.45) is 4.99 Å². The Morgan fingerprint density at radius 2 is 2.29 bits per heavy atom. The normalized spacial score (nSPS) is 22.2. The fraction of sp³-hybridized carbons (Fsp3) is 0.500. The molecule has 1 saturated heterocycles. The zero-order valence-electron chi connectivity index (χ0n) is 14.7. The number of nitrogens with one attached hydrogen (secondary N) is 2.